The minimum Gasteiger partial charge on any atom is -0.741 e. The van der Waals surface area contributed by atoms with E-state index < -0.39 is 42.8 Å². The minimum absolute atomic E-state index is 0.0485. The Bertz CT molecular complexity index is 888. The molecule has 2 aromatic rings. The van der Waals surface area contributed by atoms with E-state index in [1.165, 1.54) is 12.1 Å². The highest BCUT2D eigenvalue weighted by atomic mass is 32.2. The second-order valence-electron chi connectivity index (χ2n) is 6.09. The fourth-order valence-corrected chi connectivity index (χ4v) is 4.08. The lowest BCUT2D eigenvalue weighted by Gasteiger charge is -2.13. The lowest BCUT2D eigenvalue weighted by molar-refractivity contribution is -0.0869. The second kappa shape index (κ2) is 6.97. The molecular weight excluding hydrogens is 413 g/mol. The van der Waals surface area contributed by atoms with Gasteiger partial charge in [-0.1, -0.05) is 20.8 Å². The van der Waals surface area contributed by atoms with E-state index in [1.54, 1.807) is 26.8 Å². The number of halogens is 7. The molecule has 0 fully saturated rings. The molecule has 0 N–H and O–H groups in total. The van der Waals surface area contributed by atoms with Crippen LogP contribution < -0.4 is 0 Å². The molecular formula is C14H13F7O3S2. The summed E-state index contributed by atoms with van der Waals surface area (Å²) in [5.74, 6) is -0.626. The van der Waals surface area contributed by atoms with Crippen LogP contribution in [0.2, 0.25) is 0 Å². The summed E-state index contributed by atoms with van der Waals surface area (Å²) in [5, 5.41) is 0.474. The third kappa shape index (κ3) is 5.30. The van der Waals surface area contributed by atoms with Crippen molar-refractivity contribution in [1.82, 2.24) is 0 Å². The van der Waals surface area contributed by atoms with Gasteiger partial charge in [0.1, 0.15) is 5.82 Å². The maximum absolute atomic E-state index is 13.2. The largest absolute Gasteiger partial charge is 0.741 e. The third-order valence-electron chi connectivity index (χ3n) is 2.96. The van der Waals surface area contributed by atoms with E-state index in [0.717, 1.165) is 6.07 Å². The Kier molecular flexibility index (Phi) is 6.07. The van der Waals surface area contributed by atoms with Crippen molar-refractivity contribution < 1.29 is 43.7 Å². The molecule has 0 bridgehead atoms. The predicted octanol–water partition coefficient (Wildman–Crippen LogP) is 5.55. The molecule has 0 aliphatic heterocycles. The van der Waals surface area contributed by atoms with E-state index in [2.05, 4.69) is 0 Å². The fraction of sp³-hybridized carbons (Fsp3) is 0.429. The van der Waals surface area contributed by atoms with Crippen LogP contribution in [0.5, 0.6) is 0 Å². The molecule has 12 heteroatoms. The summed E-state index contributed by atoms with van der Waals surface area (Å²) in [5.41, 5.74) is -10.6. The van der Waals surface area contributed by atoms with Crippen LogP contribution in [-0.4, -0.2) is 18.5 Å². The van der Waals surface area contributed by atoms with Crippen LogP contribution in [0.25, 0.3) is 10.1 Å². The van der Waals surface area contributed by atoms with Gasteiger partial charge >= 0.3 is 11.0 Å². The molecule has 26 heavy (non-hydrogen) atoms. The van der Waals surface area contributed by atoms with Gasteiger partial charge in [0.05, 0.1) is 10.5 Å². The van der Waals surface area contributed by atoms with Crippen molar-refractivity contribution in [2.24, 2.45) is 0 Å². The van der Waals surface area contributed by atoms with Crippen LogP contribution in [0.4, 0.5) is 30.7 Å². The first-order valence-corrected chi connectivity index (χ1v) is 9.34. The number of rotatable bonds is 0. The molecule has 1 heterocycles. The molecule has 3 nitrogen and oxygen atoms in total. The number of hydrogen-bond donors (Lipinski definition) is 0. The first kappa shape index (κ1) is 22.6. The molecule has 148 valence electrons. The van der Waals surface area contributed by atoms with Gasteiger partial charge in [-0.05, 0) is 12.1 Å². The third-order valence-corrected chi connectivity index (χ3v) is 5.95. The van der Waals surface area contributed by atoms with Crippen molar-refractivity contribution >= 4 is 30.7 Å². The molecule has 0 saturated heterocycles. The summed E-state index contributed by atoms with van der Waals surface area (Å²) < 4.78 is 112. The van der Waals surface area contributed by atoms with Gasteiger partial charge in [0.25, 0.3) is 0 Å². The van der Waals surface area contributed by atoms with E-state index in [0.29, 0.717) is 10.3 Å². The van der Waals surface area contributed by atoms with Gasteiger partial charge < -0.3 is 4.55 Å². The van der Waals surface area contributed by atoms with Crippen molar-refractivity contribution in [3.05, 3.63) is 35.0 Å². The van der Waals surface area contributed by atoms with E-state index >= 15 is 0 Å². The highest BCUT2D eigenvalue weighted by Crippen LogP contribution is 2.54. The normalized spacial score (nSPS) is 14.2. The van der Waals surface area contributed by atoms with Crippen molar-refractivity contribution in [2.45, 2.75) is 37.2 Å². The van der Waals surface area contributed by atoms with Crippen LogP contribution in [0.1, 0.15) is 25.6 Å². The fourth-order valence-electron chi connectivity index (χ4n) is 1.89. The molecule has 1 atom stereocenters. The van der Waals surface area contributed by atoms with Crippen molar-refractivity contribution in [1.29, 1.82) is 0 Å². The van der Waals surface area contributed by atoms with Gasteiger partial charge in [-0.25, -0.2) is 12.8 Å². The van der Waals surface area contributed by atoms with E-state index in [4.69, 9.17) is 13.0 Å². The summed E-state index contributed by atoms with van der Waals surface area (Å²) >= 11 is 0. The molecule has 0 radical (unpaired) electrons. The number of benzene rings is 1. The van der Waals surface area contributed by atoms with Crippen molar-refractivity contribution in [3.8, 4) is 0 Å². The quantitative estimate of drug-likeness (QED) is 0.240. The predicted molar refractivity (Wildman–Crippen MR) is 82.1 cm³/mol. The number of fused-ring (bicyclic) bond motifs is 1. The van der Waals surface area contributed by atoms with E-state index in [1.807, 2.05) is 0 Å². The summed E-state index contributed by atoms with van der Waals surface area (Å²) in [6.45, 7) is 5.23. The summed E-state index contributed by atoms with van der Waals surface area (Å²) in [6, 6.07) is 5.15. The summed E-state index contributed by atoms with van der Waals surface area (Å²) in [7, 11) is -8.11. The number of hydrogen-bond acceptors (Lipinski definition) is 3. The van der Waals surface area contributed by atoms with Gasteiger partial charge in [-0.15, -0.1) is 13.2 Å². The second-order valence-corrected chi connectivity index (χ2v) is 9.42. The first-order chi connectivity index (χ1) is 11.4. The van der Waals surface area contributed by atoms with Gasteiger partial charge in [0.15, 0.2) is 19.7 Å². The first-order valence-electron chi connectivity index (χ1n) is 6.70. The molecule has 0 aliphatic carbocycles. The van der Waals surface area contributed by atoms with Gasteiger partial charge in [-0.2, -0.15) is 13.2 Å². The molecule has 0 spiro atoms. The highest BCUT2D eigenvalue weighted by Gasteiger charge is 2.50. The Labute approximate surface area is 147 Å². The van der Waals surface area contributed by atoms with E-state index in [9.17, 15) is 30.7 Å². The maximum Gasteiger partial charge on any atom is 0.600 e. The average Bonchev–Trinajstić information content (AvgIpc) is 2.75. The molecule has 1 unspecified atom stereocenters. The number of thiophene rings is 1. The maximum atomic E-state index is 13.2. The Balaban J connectivity index is 0.000000359. The Morgan fingerprint density at radius 1 is 0.962 bits per heavy atom. The van der Waals surface area contributed by atoms with Crippen LogP contribution >= 0.6 is 10.5 Å². The molecule has 1 aromatic carbocycles. The van der Waals surface area contributed by atoms with Gasteiger partial charge in [0, 0.05) is 22.9 Å². The monoisotopic (exact) mass is 426 g/mol. The molecule has 2 rings (SSSR count). The Morgan fingerprint density at radius 2 is 1.42 bits per heavy atom. The van der Waals surface area contributed by atoms with Crippen molar-refractivity contribution in [2.75, 3.05) is 0 Å². The Hall–Kier alpha value is -1.40. The molecule has 0 saturated carbocycles. The highest BCUT2D eigenvalue weighted by molar-refractivity contribution is 7.86. The smallest absolute Gasteiger partial charge is 0.600 e. The molecule has 0 amide bonds. The molecule has 0 aliphatic rings. The number of alkyl halides is 6. The summed E-state index contributed by atoms with van der Waals surface area (Å²) in [6.07, 6.45) is 0. The average molecular weight is 426 g/mol. The zero-order valence-electron chi connectivity index (χ0n) is 13.5. The van der Waals surface area contributed by atoms with Gasteiger partial charge in [0.2, 0.25) is 0 Å². The Morgan fingerprint density at radius 3 is 1.77 bits per heavy atom. The van der Waals surface area contributed by atoms with Gasteiger partial charge in [-0.3, -0.25) is 0 Å². The van der Waals surface area contributed by atoms with Crippen LogP contribution in [-0.2, 0) is 21.0 Å². The summed E-state index contributed by atoms with van der Waals surface area (Å²) in [4.78, 5) is 0.315. The lowest BCUT2D eigenvalue weighted by atomic mass is 9.94. The van der Waals surface area contributed by atoms with Crippen LogP contribution in [0, 0.1) is 5.82 Å². The zero-order chi connectivity index (χ0) is 20.7. The molecule has 1 aromatic heterocycles. The minimum atomic E-state index is -6.09. The van der Waals surface area contributed by atoms with Crippen molar-refractivity contribution in [3.63, 3.8) is 0 Å². The van der Waals surface area contributed by atoms with Crippen LogP contribution in [0.15, 0.2) is 24.3 Å². The standard InChI is InChI=1S/C13H13F4S.CHF3O3S/c1-12(2,3)11-6-8-4-5-9(14)7-10(8)18(11)13(15,16)17;2-1(3,4)8(5,6)7/h4-7H,1-3H3;(H,5,6,7)/q+1;/p-1. The lowest BCUT2D eigenvalue weighted by Crippen LogP contribution is -2.21. The zero-order valence-corrected chi connectivity index (χ0v) is 15.1. The SMILES string of the molecule is CC(C)(C)c1cc2ccc(F)cc2[s+]1C(F)(F)F.O=S(=O)([O-])C(F)(F)F. The van der Waals surface area contributed by atoms with Crippen LogP contribution in [0.3, 0.4) is 0 Å². The topological polar surface area (TPSA) is 57.2 Å². The van der Waals surface area contributed by atoms with E-state index in [-0.39, 0.29) is 4.70 Å².